The number of carbonyl (C=O) groups is 1. The van der Waals surface area contributed by atoms with E-state index in [1.54, 1.807) is 6.26 Å². The Bertz CT molecular complexity index is 919. The monoisotopic (exact) mass is 380 g/mol. The predicted octanol–water partition coefficient (Wildman–Crippen LogP) is 4.27. The fourth-order valence-electron chi connectivity index (χ4n) is 3.03. The van der Waals surface area contributed by atoms with Crippen LogP contribution in [-0.2, 0) is 4.79 Å². The second-order valence-electron chi connectivity index (χ2n) is 7.60. The van der Waals surface area contributed by atoms with Gasteiger partial charge < -0.3 is 14.6 Å². The molecule has 148 valence electrons. The third kappa shape index (κ3) is 4.68. The van der Waals surface area contributed by atoms with Crippen LogP contribution in [0.15, 0.2) is 47.1 Å². The van der Waals surface area contributed by atoms with Gasteiger partial charge in [-0.15, -0.1) is 0 Å². The summed E-state index contributed by atoms with van der Waals surface area (Å²) in [7, 11) is 0. The smallest absolute Gasteiger partial charge is 0.221 e. The van der Waals surface area contributed by atoms with E-state index >= 15 is 0 Å². The van der Waals surface area contributed by atoms with Crippen molar-refractivity contribution in [2.24, 2.45) is 5.92 Å². The van der Waals surface area contributed by atoms with Crippen LogP contribution in [0.25, 0.3) is 22.5 Å². The minimum absolute atomic E-state index is 0.0592. The summed E-state index contributed by atoms with van der Waals surface area (Å²) in [4.78, 5) is 23.9. The number of aromatic nitrogens is 2. The van der Waals surface area contributed by atoms with Gasteiger partial charge in [0.1, 0.15) is 5.82 Å². The van der Waals surface area contributed by atoms with E-state index in [4.69, 9.17) is 9.40 Å². The maximum atomic E-state index is 12.2. The molecule has 0 fully saturated rings. The molecule has 0 saturated carbocycles. The van der Waals surface area contributed by atoms with E-state index in [1.807, 2.05) is 36.4 Å². The summed E-state index contributed by atoms with van der Waals surface area (Å²) < 4.78 is 5.51. The molecule has 6 heteroatoms. The van der Waals surface area contributed by atoms with Crippen LogP contribution in [0.1, 0.15) is 34.1 Å². The van der Waals surface area contributed by atoms with E-state index in [0.29, 0.717) is 37.0 Å². The number of nitrogens with one attached hydrogen (secondary N) is 1. The lowest BCUT2D eigenvalue weighted by Crippen LogP contribution is -2.36. The molecule has 0 saturated heterocycles. The number of para-hydroxylation sites is 1. The van der Waals surface area contributed by atoms with Gasteiger partial charge in [0.2, 0.25) is 5.91 Å². The third-order valence-electron chi connectivity index (χ3n) is 4.51. The first-order chi connectivity index (χ1) is 13.5. The van der Waals surface area contributed by atoms with Gasteiger partial charge in [-0.3, -0.25) is 4.79 Å². The number of carbonyl (C=O) groups excluding carboxylic acids is 1. The molecule has 0 aliphatic heterocycles. The zero-order valence-corrected chi connectivity index (χ0v) is 17.0. The molecule has 3 aromatic rings. The maximum absolute atomic E-state index is 12.2. The molecule has 0 aliphatic carbocycles. The van der Waals surface area contributed by atoms with Crippen LogP contribution in [0.3, 0.4) is 0 Å². The van der Waals surface area contributed by atoms with Gasteiger partial charge >= 0.3 is 0 Å². The van der Waals surface area contributed by atoms with Gasteiger partial charge in [-0.25, -0.2) is 9.97 Å². The Kier molecular flexibility index (Phi) is 6.29. The van der Waals surface area contributed by atoms with Crippen LogP contribution < -0.4 is 10.2 Å². The topological polar surface area (TPSA) is 71.3 Å². The van der Waals surface area contributed by atoms with Crippen LogP contribution in [0, 0.1) is 5.92 Å². The molecular formula is C22H28N4O2. The minimum atomic E-state index is 0.0592. The first kappa shape index (κ1) is 19.9. The molecule has 0 atom stereocenters. The Hall–Kier alpha value is -2.89. The van der Waals surface area contributed by atoms with E-state index in [9.17, 15) is 4.79 Å². The number of nitrogens with zero attached hydrogens (tertiary/aromatic N) is 3. The lowest BCUT2D eigenvalue weighted by Gasteiger charge is -2.29. The quantitative estimate of drug-likeness (QED) is 0.632. The molecule has 1 aromatic carbocycles. The van der Waals surface area contributed by atoms with Crippen molar-refractivity contribution in [2.45, 2.75) is 40.2 Å². The van der Waals surface area contributed by atoms with E-state index < -0.39 is 0 Å². The van der Waals surface area contributed by atoms with Gasteiger partial charge in [-0.2, -0.15) is 0 Å². The number of rotatable bonds is 8. The van der Waals surface area contributed by atoms with Crippen LogP contribution in [0.4, 0.5) is 5.82 Å². The lowest BCUT2D eigenvalue weighted by molar-refractivity contribution is -0.121. The Morgan fingerprint density at radius 1 is 1.11 bits per heavy atom. The summed E-state index contributed by atoms with van der Waals surface area (Å²) in [6.45, 7) is 9.67. The first-order valence-corrected chi connectivity index (χ1v) is 9.79. The molecule has 0 radical (unpaired) electrons. The Morgan fingerprint density at radius 3 is 2.57 bits per heavy atom. The molecular weight excluding hydrogens is 352 g/mol. The SMILES string of the molecule is CC(C)CNC(=O)CCN(c1nc(-c2ccco2)nc2ccccc12)C(C)C. The van der Waals surface area contributed by atoms with Gasteiger partial charge in [0, 0.05) is 30.9 Å². The summed E-state index contributed by atoms with van der Waals surface area (Å²) in [5.41, 5.74) is 0.855. The number of fused-ring (bicyclic) bond motifs is 1. The van der Waals surface area contributed by atoms with Crippen molar-refractivity contribution >= 4 is 22.6 Å². The Balaban J connectivity index is 1.92. The van der Waals surface area contributed by atoms with E-state index in [2.05, 4.69) is 42.9 Å². The molecule has 0 aliphatic rings. The second-order valence-corrected chi connectivity index (χ2v) is 7.60. The number of hydrogen-bond donors (Lipinski definition) is 1. The van der Waals surface area contributed by atoms with Crippen LogP contribution >= 0.6 is 0 Å². The third-order valence-corrected chi connectivity index (χ3v) is 4.51. The highest BCUT2D eigenvalue weighted by Gasteiger charge is 2.19. The van der Waals surface area contributed by atoms with Crippen LogP contribution in [0.5, 0.6) is 0 Å². The van der Waals surface area contributed by atoms with Crippen LogP contribution in [-0.4, -0.2) is 35.0 Å². The fourth-order valence-corrected chi connectivity index (χ4v) is 3.03. The standard InChI is InChI=1S/C22H28N4O2/c1-15(2)14-23-20(27)11-12-26(16(3)4)22-17-8-5-6-9-18(17)24-21(25-22)19-10-7-13-28-19/h5-10,13,15-16H,11-12,14H2,1-4H3,(H,23,27). The summed E-state index contributed by atoms with van der Waals surface area (Å²) in [6, 6.07) is 11.8. The highest BCUT2D eigenvalue weighted by molar-refractivity contribution is 5.91. The molecule has 0 bridgehead atoms. The molecule has 0 unspecified atom stereocenters. The average Bonchev–Trinajstić information content (AvgIpc) is 3.20. The summed E-state index contributed by atoms with van der Waals surface area (Å²) in [5.74, 6) is 2.50. The Labute approximate surface area is 166 Å². The van der Waals surface area contributed by atoms with Gasteiger partial charge in [-0.05, 0) is 44.0 Å². The van der Waals surface area contributed by atoms with Crippen molar-refractivity contribution in [2.75, 3.05) is 18.0 Å². The average molecular weight is 380 g/mol. The maximum Gasteiger partial charge on any atom is 0.221 e. The molecule has 28 heavy (non-hydrogen) atoms. The highest BCUT2D eigenvalue weighted by atomic mass is 16.3. The normalized spacial score (nSPS) is 11.4. The number of amides is 1. The molecule has 3 rings (SSSR count). The molecule has 2 aromatic heterocycles. The molecule has 2 heterocycles. The highest BCUT2D eigenvalue weighted by Crippen LogP contribution is 2.29. The van der Waals surface area contributed by atoms with E-state index in [0.717, 1.165) is 16.7 Å². The van der Waals surface area contributed by atoms with Gasteiger partial charge in [-0.1, -0.05) is 26.0 Å². The summed E-state index contributed by atoms with van der Waals surface area (Å²) in [5, 5.41) is 3.95. The van der Waals surface area contributed by atoms with Gasteiger partial charge in [0.05, 0.1) is 11.8 Å². The van der Waals surface area contributed by atoms with E-state index in [-0.39, 0.29) is 11.9 Å². The minimum Gasteiger partial charge on any atom is -0.461 e. The van der Waals surface area contributed by atoms with Crippen molar-refractivity contribution in [3.05, 3.63) is 42.7 Å². The molecule has 1 N–H and O–H groups in total. The number of hydrogen-bond acceptors (Lipinski definition) is 5. The first-order valence-electron chi connectivity index (χ1n) is 9.79. The zero-order valence-electron chi connectivity index (χ0n) is 17.0. The fraction of sp³-hybridized carbons (Fsp3) is 0.409. The number of furan rings is 1. The van der Waals surface area contributed by atoms with Crippen molar-refractivity contribution in [1.82, 2.24) is 15.3 Å². The Morgan fingerprint density at radius 2 is 1.89 bits per heavy atom. The van der Waals surface area contributed by atoms with Crippen LogP contribution in [0.2, 0.25) is 0 Å². The molecule has 6 nitrogen and oxygen atoms in total. The van der Waals surface area contributed by atoms with Crippen molar-refractivity contribution < 1.29 is 9.21 Å². The zero-order chi connectivity index (χ0) is 20.1. The lowest BCUT2D eigenvalue weighted by atomic mass is 10.2. The summed E-state index contributed by atoms with van der Waals surface area (Å²) in [6.07, 6.45) is 2.03. The van der Waals surface area contributed by atoms with Gasteiger partial charge in [0.15, 0.2) is 11.6 Å². The second kappa shape index (κ2) is 8.87. The van der Waals surface area contributed by atoms with Crippen molar-refractivity contribution in [1.29, 1.82) is 0 Å². The largest absolute Gasteiger partial charge is 0.461 e. The van der Waals surface area contributed by atoms with Gasteiger partial charge in [0.25, 0.3) is 0 Å². The number of anilines is 1. The van der Waals surface area contributed by atoms with E-state index in [1.165, 1.54) is 0 Å². The molecule has 0 spiro atoms. The van der Waals surface area contributed by atoms with Crippen molar-refractivity contribution in [3.8, 4) is 11.6 Å². The predicted molar refractivity (Wildman–Crippen MR) is 112 cm³/mol. The number of benzene rings is 1. The summed E-state index contributed by atoms with van der Waals surface area (Å²) >= 11 is 0. The van der Waals surface area contributed by atoms with Crippen molar-refractivity contribution in [3.63, 3.8) is 0 Å². The molecule has 1 amide bonds.